The summed E-state index contributed by atoms with van der Waals surface area (Å²) >= 11 is 0. The number of imidazole rings is 1. The van der Waals surface area contributed by atoms with E-state index in [4.69, 9.17) is 4.74 Å². The molecule has 1 N–H and O–H groups in total. The normalized spacial score (nSPS) is 12.2. The number of fused-ring (bicyclic) bond motifs is 1. The van der Waals surface area contributed by atoms with Crippen molar-refractivity contribution in [2.24, 2.45) is 0 Å². The molecule has 0 radical (unpaired) electrons. The van der Waals surface area contributed by atoms with Crippen LogP contribution < -0.4 is 27.0 Å². The molecule has 1 aliphatic heterocycles. The van der Waals surface area contributed by atoms with Crippen LogP contribution in [0.15, 0.2) is 54.7 Å². The third-order valence-corrected chi connectivity index (χ3v) is 5.01. The molecule has 5 nitrogen and oxygen atoms in total. The number of nitrogens with zero attached hydrogens (tertiary/aromatic N) is 2. The number of carbonyl (C=O) groups is 1. The van der Waals surface area contributed by atoms with E-state index in [9.17, 15) is 4.79 Å². The Labute approximate surface area is 171 Å². The van der Waals surface area contributed by atoms with E-state index in [2.05, 4.69) is 51.8 Å². The van der Waals surface area contributed by atoms with Crippen LogP contribution in [0.4, 0.5) is 5.69 Å². The number of rotatable bonds is 5. The van der Waals surface area contributed by atoms with Gasteiger partial charge in [0.05, 0.1) is 20.1 Å². The van der Waals surface area contributed by atoms with Gasteiger partial charge in [-0.15, -0.1) is 0 Å². The zero-order chi connectivity index (χ0) is 18.8. The van der Waals surface area contributed by atoms with Crippen molar-refractivity contribution in [3.05, 3.63) is 66.1 Å². The highest BCUT2D eigenvalue weighted by Gasteiger charge is 2.29. The van der Waals surface area contributed by atoms with E-state index in [-0.39, 0.29) is 18.3 Å². The van der Waals surface area contributed by atoms with Crippen molar-refractivity contribution in [1.29, 1.82) is 0 Å². The summed E-state index contributed by atoms with van der Waals surface area (Å²) in [5, 5.41) is 2.96. The summed E-state index contributed by atoms with van der Waals surface area (Å²) < 4.78 is 9.63. The number of benzene rings is 2. The van der Waals surface area contributed by atoms with Crippen molar-refractivity contribution in [2.45, 2.75) is 32.9 Å². The Morgan fingerprint density at radius 1 is 1.21 bits per heavy atom. The number of hydrogen-bond acceptors (Lipinski definition) is 2. The fourth-order valence-electron chi connectivity index (χ4n) is 3.66. The molecule has 0 saturated heterocycles. The van der Waals surface area contributed by atoms with Gasteiger partial charge in [0.1, 0.15) is 11.9 Å². The molecular weight excluding hydrogens is 374 g/mol. The minimum absolute atomic E-state index is 0. The van der Waals surface area contributed by atoms with Crippen LogP contribution in [-0.4, -0.2) is 17.6 Å². The third-order valence-electron chi connectivity index (χ3n) is 5.01. The maximum atomic E-state index is 12.6. The molecule has 1 amide bonds. The van der Waals surface area contributed by atoms with Gasteiger partial charge < -0.3 is 22.5 Å². The molecular formula is C22H24ClN3O2. The average molecular weight is 398 g/mol. The SMILES string of the molecule is COc1cccc(NC(=O)C[n+]2cc(-c3ccc(C)cc3)n3c2CCC3)c1.[Cl-]. The van der Waals surface area contributed by atoms with Crippen LogP contribution in [-0.2, 0) is 24.3 Å². The minimum Gasteiger partial charge on any atom is -1.00 e. The van der Waals surface area contributed by atoms with Crippen molar-refractivity contribution in [3.8, 4) is 17.0 Å². The van der Waals surface area contributed by atoms with E-state index in [1.54, 1.807) is 7.11 Å². The van der Waals surface area contributed by atoms with Crippen LogP contribution in [0.3, 0.4) is 0 Å². The minimum atomic E-state index is -0.0380. The molecule has 0 saturated carbocycles. The number of hydrogen-bond donors (Lipinski definition) is 1. The second-order valence-corrected chi connectivity index (χ2v) is 6.96. The number of aryl methyl sites for hydroxylation is 1. The van der Waals surface area contributed by atoms with Gasteiger partial charge in [-0.3, -0.25) is 4.79 Å². The number of amides is 1. The number of aromatic nitrogens is 2. The second-order valence-electron chi connectivity index (χ2n) is 6.96. The third kappa shape index (κ3) is 4.04. The van der Waals surface area contributed by atoms with Crippen LogP contribution in [0.2, 0.25) is 0 Å². The van der Waals surface area contributed by atoms with E-state index < -0.39 is 0 Å². The number of nitrogens with one attached hydrogen (secondary N) is 1. The smallest absolute Gasteiger partial charge is 0.266 e. The lowest BCUT2D eigenvalue weighted by atomic mass is 10.1. The molecule has 28 heavy (non-hydrogen) atoms. The van der Waals surface area contributed by atoms with Gasteiger partial charge in [-0.25, -0.2) is 9.13 Å². The lowest BCUT2D eigenvalue weighted by molar-refractivity contribution is -0.690. The van der Waals surface area contributed by atoms with Gasteiger partial charge in [-0.1, -0.05) is 35.9 Å². The lowest BCUT2D eigenvalue weighted by Crippen LogP contribution is -3.00. The first-order valence-electron chi connectivity index (χ1n) is 9.27. The Kier molecular flexibility index (Phi) is 6.05. The van der Waals surface area contributed by atoms with Crippen molar-refractivity contribution in [2.75, 3.05) is 12.4 Å². The van der Waals surface area contributed by atoms with Crippen LogP contribution in [0.5, 0.6) is 5.75 Å². The molecule has 146 valence electrons. The van der Waals surface area contributed by atoms with E-state index in [0.29, 0.717) is 6.54 Å². The second kappa shape index (κ2) is 8.48. The number of anilines is 1. The molecule has 0 fully saturated rings. The van der Waals surface area contributed by atoms with Gasteiger partial charge in [0.15, 0.2) is 12.2 Å². The molecule has 0 unspecified atom stereocenters. The number of ether oxygens (including phenoxy) is 1. The summed E-state index contributed by atoms with van der Waals surface area (Å²) in [5.41, 5.74) is 4.36. The van der Waals surface area contributed by atoms with Crippen molar-refractivity contribution >= 4 is 11.6 Å². The number of methoxy groups -OCH3 is 1. The van der Waals surface area contributed by atoms with E-state index >= 15 is 0 Å². The molecule has 3 aromatic rings. The topological polar surface area (TPSA) is 47.1 Å². The van der Waals surface area contributed by atoms with Gasteiger partial charge in [-0.05, 0) is 25.5 Å². The van der Waals surface area contributed by atoms with E-state index in [0.717, 1.165) is 30.8 Å². The van der Waals surface area contributed by atoms with Crippen LogP contribution in [0.25, 0.3) is 11.3 Å². The van der Waals surface area contributed by atoms with Crippen molar-refractivity contribution < 1.29 is 26.5 Å². The first-order chi connectivity index (χ1) is 13.1. The predicted molar refractivity (Wildman–Crippen MR) is 105 cm³/mol. The van der Waals surface area contributed by atoms with Gasteiger partial charge in [0.25, 0.3) is 11.7 Å². The summed E-state index contributed by atoms with van der Waals surface area (Å²) in [6.45, 7) is 3.40. The van der Waals surface area contributed by atoms with Gasteiger partial charge >= 0.3 is 0 Å². The zero-order valence-electron chi connectivity index (χ0n) is 16.1. The summed E-state index contributed by atoms with van der Waals surface area (Å²) in [4.78, 5) is 12.6. The molecule has 0 spiro atoms. The van der Waals surface area contributed by atoms with Gasteiger partial charge in [0.2, 0.25) is 0 Å². The van der Waals surface area contributed by atoms with Crippen molar-refractivity contribution in [1.82, 2.24) is 4.57 Å². The molecule has 1 aliphatic rings. The Hall–Kier alpha value is -2.79. The van der Waals surface area contributed by atoms with Crippen molar-refractivity contribution in [3.63, 3.8) is 0 Å². The molecule has 4 rings (SSSR count). The fraction of sp³-hybridized carbons (Fsp3) is 0.273. The fourth-order valence-corrected chi connectivity index (χ4v) is 3.66. The summed E-state index contributed by atoms with van der Waals surface area (Å²) in [5.74, 6) is 1.90. The molecule has 0 atom stereocenters. The predicted octanol–water partition coefficient (Wildman–Crippen LogP) is 0.349. The van der Waals surface area contributed by atoms with E-state index in [1.807, 2.05) is 24.3 Å². The molecule has 2 aromatic carbocycles. The Balaban J connectivity index is 0.00000225. The quantitative estimate of drug-likeness (QED) is 0.631. The Morgan fingerprint density at radius 3 is 2.75 bits per heavy atom. The standard InChI is InChI=1S/C22H23N3O2.ClH/c1-16-8-10-17(11-9-16)20-14-24(22-7-4-12-25(20)22)15-21(26)23-18-5-3-6-19(13-18)27-2;/h3,5-6,8-11,13-14H,4,7,12,15H2,1-2H3;1H. The van der Waals surface area contributed by atoms with Crippen LogP contribution >= 0.6 is 0 Å². The Bertz CT molecular complexity index is 980. The highest BCUT2D eigenvalue weighted by molar-refractivity contribution is 5.89. The molecule has 0 aliphatic carbocycles. The van der Waals surface area contributed by atoms with Crippen LogP contribution in [0, 0.1) is 6.92 Å². The van der Waals surface area contributed by atoms with E-state index in [1.165, 1.54) is 22.6 Å². The highest BCUT2D eigenvalue weighted by Crippen LogP contribution is 2.25. The number of halogens is 1. The zero-order valence-corrected chi connectivity index (χ0v) is 16.9. The summed E-state index contributed by atoms with van der Waals surface area (Å²) in [7, 11) is 1.62. The first kappa shape index (κ1) is 20.0. The van der Waals surface area contributed by atoms with Gasteiger partial charge in [0, 0.05) is 17.3 Å². The Morgan fingerprint density at radius 2 is 2.00 bits per heavy atom. The summed E-state index contributed by atoms with van der Waals surface area (Å²) in [6, 6.07) is 16.0. The lowest BCUT2D eigenvalue weighted by Gasteiger charge is -2.06. The molecule has 2 heterocycles. The first-order valence-corrected chi connectivity index (χ1v) is 9.27. The number of carbonyl (C=O) groups excluding carboxylic acids is 1. The largest absolute Gasteiger partial charge is 1.00 e. The maximum Gasteiger partial charge on any atom is 0.266 e. The van der Waals surface area contributed by atoms with Gasteiger partial charge in [-0.2, -0.15) is 0 Å². The average Bonchev–Trinajstić information content (AvgIpc) is 3.27. The molecule has 0 bridgehead atoms. The van der Waals surface area contributed by atoms with Crippen LogP contribution in [0.1, 0.15) is 17.8 Å². The summed E-state index contributed by atoms with van der Waals surface area (Å²) in [6.07, 6.45) is 4.22. The highest BCUT2D eigenvalue weighted by atomic mass is 35.5. The molecule has 6 heteroatoms. The maximum absolute atomic E-state index is 12.6. The monoisotopic (exact) mass is 397 g/mol. The molecule has 1 aromatic heterocycles.